The van der Waals surface area contributed by atoms with E-state index in [1.165, 1.54) is 22.0 Å². The van der Waals surface area contributed by atoms with E-state index in [-0.39, 0.29) is 11.8 Å². The second-order valence-corrected chi connectivity index (χ2v) is 5.57. The summed E-state index contributed by atoms with van der Waals surface area (Å²) in [6.45, 7) is 3.78. The van der Waals surface area contributed by atoms with Crippen molar-refractivity contribution in [3.63, 3.8) is 0 Å². The van der Waals surface area contributed by atoms with Crippen molar-refractivity contribution in [1.82, 2.24) is 4.57 Å². The van der Waals surface area contributed by atoms with Crippen LogP contribution in [0.1, 0.15) is 30.5 Å². The third-order valence-corrected chi connectivity index (χ3v) is 3.94. The summed E-state index contributed by atoms with van der Waals surface area (Å²) in [5, 5.41) is 1.25. The highest BCUT2D eigenvalue weighted by atomic mass is 16.1. The Morgan fingerprint density at radius 1 is 1.05 bits per heavy atom. The molecule has 0 saturated heterocycles. The number of carbonyl (C=O) groups is 1. The van der Waals surface area contributed by atoms with Gasteiger partial charge < -0.3 is 4.57 Å². The van der Waals surface area contributed by atoms with Gasteiger partial charge in [0.1, 0.15) is 5.78 Å². The fourth-order valence-electron chi connectivity index (χ4n) is 2.96. The predicted octanol–water partition coefficient (Wildman–Crippen LogP) is 4.52. The maximum absolute atomic E-state index is 11.7. The van der Waals surface area contributed by atoms with Crippen LogP contribution in [0.25, 0.3) is 10.9 Å². The number of hydrogen-bond donors (Lipinski definition) is 0. The monoisotopic (exact) mass is 277 g/mol. The number of benzene rings is 2. The molecule has 0 amide bonds. The molecule has 1 heterocycles. The minimum atomic E-state index is 0.0577. The number of fused-ring (bicyclic) bond motifs is 1. The number of aromatic nitrogens is 1. The molecule has 1 aromatic heterocycles. The Bertz CT molecular complexity index is 771. The van der Waals surface area contributed by atoms with Gasteiger partial charge in [0.05, 0.1) is 6.04 Å². The van der Waals surface area contributed by atoms with Crippen molar-refractivity contribution in [2.24, 2.45) is 0 Å². The van der Waals surface area contributed by atoms with Crippen LogP contribution in [-0.2, 0) is 4.79 Å². The number of ketones is 1. The maximum Gasteiger partial charge on any atom is 0.132 e. The number of nitrogens with zero attached hydrogens (tertiary/aromatic N) is 1. The molecule has 0 fully saturated rings. The number of aryl methyl sites for hydroxylation is 1. The normalized spacial score (nSPS) is 12.5. The Morgan fingerprint density at radius 2 is 1.71 bits per heavy atom. The summed E-state index contributed by atoms with van der Waals surface area (Å²) in [5.74, 6) is 0.208. The highest BCUT2D eigenvalue weighted by Crippen LogP contribution is 2.30. The van der Waals surface area contributed by atoms with Crippen LogP contribution in [-0.4, -0.2) is 10.4 Å². The Labute approximate surface area is 125 Å². The number of hydrogen-bond acceptors (Lipinski definition) is 1. The number of Topliss-reactive ketones (excluding diaryl/α,β-unsaturated/α-hetero) is 1. The van der Waals surface area contributed by atoms with Gasteiger partial charge in [0.15, 0.2) is 0 Å². The molecule has 3 aromatic rings. The molecule has 0 bridgehead atoms. The Hall–Kier alpha value is -2.35. The molecule has 106 valence electrons. The maximum atomic E-state index is 11.7. The fourth-order valence-corrected chi connectivity index (χ4v) is 2.96. The van der Waals surface area contributed by atoms with E-state index in [2.05, 4.69) is 48.0 Å². The number of carbonyl (C=O) groups excluding carboxylic acids is 1. The Morgan fingerprint density at radius 3 is 2.43 bits per heavy atom. The van der Waals surface area contributed by atoms with Crippen molar-refractivity contribution in [3.05, 3.63) is 71.9 Å². The van der Waals surface area contributed by atoms with Crippen LogP contribution in [0.15, 0.2) is 60.8 Å². The molecule has 0 radical (unpaired) electrons. The summed E-state index contributed by atoms with van der Waals surface area (Å²) in [6.07, 6.45) is 2.67. The summed E-state index contributed by atoms with van der Waals surface area (Å²) in [6, 6.07) is 18.7. The van der Waals surface area contributed by atoms with Gasteiger partial charge in [-0.15, -0.1) is 0 Å². The van der Waals surface area contributed by atoms with E-state index in [0.717, 1.165) is 0 Å². The van der Waals surface area contributed by atoms with Crippen molar-refractivity contribution in [1.29, 1.82) is 0 Å². The fraction of sp³-hybridized carbons (Fsp3) is 0.211. The lowest BCUT2D eigenvalue weighted by atomic mass is 10.0. The third-order valence-electron chi connectivity index (χ3n) is 3.94. The topological polar surface area (TPSA) is 22.0 Å². The molecule has 2 heteroatoms. The second kappa shape index (κ2) is 5.57. The van der Waals surface area contributed by atoms with E-state index >= 15 is 0 Å². The lowest BCUT2D eigenvalue weighted by Crippen LogP contribution is -2.13. The first-order valence-corrected chi connectivity index (χ1v) is 7.27. The van der Waals surface area contributed by atoms with Gasteiger partial charge in [-0.05, 0) is 31.0 Å². The van der Waals surface area contributed by atoms with E-state index in [1.807, 2.05) is 24.3 Å². The molecule has 2 aromatic carbocycles. The van der Waals surface area contributed by atoms with Crippen molar-refractivity contribution in [2.45, 2.75) is 26.3 Å². The average molecular weight is 277 g/mol. The predicted molar refractivity (Wildman–Crippen MR) is 86.6 cm³/mol. The molecule has 0 aliphatic rings. The van der Waals surface area contributed by atoms with Gasteiger partial charge in [-0.25, -0.2) is 0 Å². The molecular weight excluding hydrogens is 258 g/mol. The van der Waals surface area contributed by atoms with E-state index in [4.69, 9.17) is 0 Å². The first kappa shape index (κ1) is 13.6. The van der Waals surface area contributed by atoms with Crippen molar-refractivity contribution < 1.29 is 4.79 Å². The summed E-state index contributed by atoms with van der Waals surface area (Å²) < 4.78 is 2.24. The summed E-state index contributed by atoms with van der Waals surface area (Å²) in [7, 11) is 0. The summed E-state index contributed by atoms with van der Waals surface area (Å²) in [5.41, 5.74) is 3.61. The quantitative estimate of drug-likeness (QED) is 0.687. The molecule has 0 N–H and O–H groups in total. The van der Waals surface area contributed by atoms with E-state index < -0.39 is 0 Å². The Balaban J connectivity index is 2.17. The van der Waals surface area contributed by atoms with E-state index in [1.54, 1.807) is 6.92 Å². The standard InChI is InChI=1S/C19H19NO/c1-14-13-20(18-11-7-6-10-17(14)18)19(12-15(2)21)16-8-4-3-5-9-16/h3-11,13,19H,12H2,1-2H3. The molecule has 0 spiro atoms. The van der Waals surface area contributed by atoms with Crippen LogP contribution in [0.4, 0.5) is 0 Å². The zero-order valence-electron chi connectivity index (χ0n) is 12.4. The molecular formula is C19H19NO. The summed E-state index contributed by atoms with van der Waals surface area (Å²) in [4.78, 5) is 11.7. The van der Waals surface area contributed by atoms with Gasteiger partial charge in [-0.1, -0.05) is 48.5 Å². The highest BCUT2D eigenvalue weighted by molar-refractivity contribution is 5.84. The SMILES string of the molecule is CC(=O)CC(c1ccccc1)n1cc(C)c2ccccc21. The van der Waals surface area contributed by atoms with E-state index in [9.17, 15) is 4.79 Å². The van der Waals surface area contributed by atoms with Crippen LogP contribution in [0.5, 0.6) is 0 Å². The third kappa shape index (κ3) is 2.62. The molecule has 1 atom stereocenters. The van der Waals surface area contributed by atoms with Gasteiger partial charge in [0.25, 0.3) is 0 Å². The van der Waals surface area contributed by atoms with Crippen molar-refractivity contribution in [2.75, 3.05) is 0 Å². The van der Waals surface area contributed by atoms with Crippen molar-refractivity contribution >= 4 is 16.7 Å². The van der Waals surface area contributed by atoms with Gasteiger partial charge in [0, 0.05) is 23.5 Å². The number of rotatable bonds is 4. The lowest BCUT2D eigenvalue weighted by molar-refractivity contribution is -0.117. The minimum Gasteiger partial charge on any atom is -0.339 e. The zero-order valence-corrected chi connectivity index (χ0v) is 12.4. The van der Waals surface area contributed by atoms with Crippen LogP contribution in [0.3, 0.4) is 0 Å². The molecule has 0 aliphatic carbocycles. The highest BCUT2D eigenvalue weighted by Gasteiger charge is 2.18. The molecule has 21 heavy (non-hydrogen) atoms. The lowest BCUT2D eigenvalue weighted by Gasteiger charge is -2.19. The second-order valence-electron chi connectivity index (χ2n) is 5.57. The molecule has 2 nitrogen and oxygen atoms in total. The smallest absolute Gasteiger partial charge is 0.132 e. The molecule has 3 rings (SSSR count). The molecule has 1 unspecified atom stereocenters. The summed E-state index contributed by atoms with van der Waals surface area (Å²) >= 11 is 0. The van der Waals surface area contributed by atoms with Crippen molar-refractivity contribution in [3.8, 4) is 0 Å². The van der Waals surface area contributed by atoms with Gasteiger partial charge in [-0.3, -0.25) is 4.79 Å². The average Bonchev–Trinajstić information content (AvgIpc) is 2.83. The van der Waals surface area contributed by atoms with Crippen LogP contribution < -0.4 is 0 Å². The molecule has 0 aliphatic heterocycles. The number of para-hydroxylation sites is 1. The first-order chi connectivity index (χ1) is 10.2. The Kier molecular flexibility index (Phi) is 3.61. The van der Waals surface area contributed by atoms with Gasteiger partial charge in [-0.2, -0.15) is 0 Å². The van der Waals surface area contributed by atoms with Crippen LogP contribution in [0, 0.1) is 6.92 Å². The van der Waals surface area contributed by atoms with Crippen LogP contribution in [0.2, 0.25) is 0 Å². The molecule has 0 saturated carbocycles. The van der Waals surface area contributed by atoms with Gasteiger partial charge >= 0.3 is 0 Å². The first-order valence-electron chi connectivity index (χ1n) is 7.27. The minimum absolute atomic E-state index is 0.0577. The van der Waals surface area contributed by atoms with Crippen LogP contribution >= 0.6 is 0 Å². The van der Waals surface area contributed by atoms with E-state index in [0.29, 0.717) is 6.42 Å². The largest absolute Gasteiger partial charge is 0.339 e. The zero-order chi connectivity index (χ0) is 14.8. The van der Waals surface area contributed by atoms with Gasteiger partial charge in [0.2, 0.25) is 0 Å².